The summed E-state index contributed by atoms with van der Waals surface area (Å²) in [6.45, 7) is 10.7. The van der Waals surface area contributed by atoms with Crippen molar-refractivity contribution in [2.24, 2.45) is 0 Å². The SMILES string of the molecule is CCOc1ccc(N(CCCC(=O)N(Cc2ccc(C)cc2)[C@@H](CC)C(=O)N[C@@H](C)CC)S(C)(=O)=O)cc1. The third-order valence-electron chi connectivity index (χ3n) is 6.45. The lowest BCUT2D eigenvalue weighted by molar-refractivity contribution is -0.141. The van der Waals surface area contributed by atoms with Crippen molar-refractivity contribution < 1.29 is 22.7 Å². The number of aryl methyl sites for hydroxylation is 1. The van der Waals surface area contributed by atoms with Gasteiger partial charge in [-0.1, -0.05) is 43.7 Å². The van der Waals surface area contributed by atoms with E-state index in [9.17, 15) is 18.0 Å². The van der Waals surface area contributed by atoms with Gasteiger partial charge in [0.1, 0.15) is 11.8 Å². The average Bonchev–Trinajstić information content (AvgIpc) is 2.87. The summed E-state index contributed by atoms with van der Waals surface area (Å²) in [6, 6.07) is 14.1. The van der Waals surface area contributed by atoms with Gasteiger partial charge in [0.25, 0.3) is 0 Å². The largest absolute Gasteiger partial charge is 0.494 e. The van der Waals surface area contributed by atoms with Crippen LogP contribution in [0.1, 0.15) is 64.5 Å². The molecule has 1 N–H and O–H groups in total. The minimum Gasteiger partial charge on any atom is -0.494 e. The lowest BCUT2D eigenvalue weighted by Crippen LogP contribution is -2.50. The highest BCUT2D eigenvalue weighted by Gasteiger charge is 2.29. The van der Waals surface area contributed by atoms with E-state index in [4.69, 9.17) is 4.74 Å². The number of carbonyl (C=O) groups excluding carboxylic acids is 2. The highest BCUT2D eigenvalue weighted by Crippen LogP contribution is 2.23. The molecule has 9 heteroatoms. The molecule has 2 atom stereocenters. The number of nitrogens with zero attached hydrogens (tertiary/aromatic N) is 2. The number of amides is 2. The molecule has 38 heavy (non-hydrogen) atoms. The lowest BCUT2D eigenvalue weighted by atomic mass is 10.1. The fraction of sp³-hybridized carbons (Fsp3) is 0.517. The van der Waals surface area contributed by atoms with Gasteiger partial charge in [-0.05, 0) is 69.9 Å². The first kappa shape index (κ1) is 31.1. The van der Waals surface area contributed by atoms with Gasteiger partial charge in [0.15, 0.2) is 0 Å². The van der Waals surface area contributed by atoms with Crippen molar-refractivity contribution in [2.75, 3.05) is 23.7 Å². The molecule has 0 aliphatic heterocycles. The summed E-state index contributed by atoms with van der Waals surface area (Å²) >= 11 is 0. The molecule has 0 aliphatic carbocycles. The van der Waals surface area contributed by atoms with E-state index in [0.29, 0.717) is 37.4 Å². The second kappa shape index (κ2) is 14.8. The molecule has 2 amide bonds. The van der Waals surface area contributed by atoms with Gasteiger partial charge in [0.2, 0.25) is 21.8 Å². The Morgan fingerprint density at radius 3 is 2.13 bits per heavy atom. The molecule has 2 aromatic rings. The molecule has 0 fully saturated rings. The van der Waals surface area contributed by atoms with Crippen molar-refractivity contribution in [3.8, 4) is 5.75 Å². The van der Waals surface area contributed by atoms with Crippen molar-refractivity contribution in [3.63, 3.8) is 0 Å². The predicted molar refractivity (Wildman–Crippen MR) is 153 cm³/mol. The van der Waals surface area contributed by atoms with E-state index in [0.717, 1.165) is 23.8 Å². The number of hydrogen-bond acceptors (Lipinski definition) is 5. The zero-order chi connectivity index (χ0) is 28.3. The molecule has 0 spiro atoms. The maximum atomic E-state index is 13.5. The molecular formula is C29H43N3O5S. The molecule has 0 radical (unpaired) electrons. The maximum absolute atomic E-state index is 13.5. The summed E-state index contributed by atoms with van der Waals surface area (Å²) in [5.41, 5.74) is 2.56. The molecule has 0 saturated heterocycles. The monoisotopic (exact) mass is 545 g/mol. The summed E-state index contributed by atoms with van der Waals surface area (Å²) in [6.07, 6.45) is 2.85. The van der Waals surface area contributed by atoms with E-state index in [1.165, 1.54) is 4.31 Å². The van der Waals surface area contributed by atoms with Gasteiger partial charge in [-0.25, -0.2) is 8.42 Å². The van der Waals surface area contributed by atoms with Gasteiger partial charge in [-0.2, -0.15) is 0 Å². The molecule has 2 aromatic carbocycles. The van der Waals surface area contributed by atoms with Crippen molar-refractivity contribution >= 4 is 27.5 Å². The molecule has 210 valence electrons. The van der Waals surface area contributed by atoms with Gasteiger partial charge in [-0.15, -0.1) is 0 Å². The molecule has 0 unspecified atom stereocenters. The van der Waals surface area contributed by atoms with Crippen LogP contribution in [0.5, 0.6) is 5.75 Å². The molecule has 0 heterocycles. The Labute approximate surface area is 228 Å². The number of nitrogens with one attached hydrogen (secondary N) is 1. The van der Waals surface area contributed by atoms with Crippen LogP contribution in [0.3, 0.4) is 0 Å². The number of sulfonamides is 1. The van der Waals surface area contributed by atoms with Crippen molar-refractivity contribution in [1.29, 1.82) is 0 Å². The molecule has 8 nitrogen and oxygen atoms in total. The van der Waals surface area contributed by atoms with Gasteiger partial charge in [0, 0.05) is 25.6 Å². The van der Waals surface area contributed by atoms with E-state index >= 15 is 0 Å². The van der Waals surface area contributed by atoms with Gasteiger partial charge in [0.05, 0.1) is 18.6 Å². The van der Waals surface area contributed by atoms with Crippen LogP contribution in [0.2, 0.25) is 0 Å². The second-order valence-electron chi connectivity index (χ2n) is 9.61. The first-order valence-corrected chi connectivity index (χ1v) is 15.2. The standard InChI is InChI=1S/C29H43N3O5S/c1-7-23(5)30-29(34)27(8-2)31(21-24-14-12-22(4)13-15-24)28(33)11-10-20-32(38(6,35)36)25-16-18-26(19-17-25)37-9-3/h12-19,23,27H,7-11,20-21H2,1-6H3,(H,30,34)/t23-,27-/m0/s1. The Morgan fingerprint density at radius 2 is 1.61 bits per heavy atom. The van der Waals surface area contributed by atoms with Crippen molar-refractivity contribution in [3.05, 3.63) is 59.7 Å². The van der Waals surface area contributed by atoms with Crippen molar-refractivity contribution in [2.45, 2.75) is 78.9 Å². The molecular weight excluding hydrogens is 502 g/mol. The predicted octanol–water partition coefficient (Wildman–Crippen LogP) is 4.66. The van der Waals surface area contributed by atoms with Gasteiger partial charge < -0.3 is 15.0 Å². The normalized spacial score (nSPS) is 12.9. The maximum Gasteiger partial charge on any atom is 0.243 e. The minimum absolute atomic E-state index is 0.00492. The quantitative estimate of drug-likeness (QED) is 0.351. The average molecular weight is 546 g/mol. The summed E-state index contributed by atoms with van der Waals surface area (Å²) in [5.74, 6) is 0.305. The molecule has 0 aliphatic rings. The Hall–Kier alpha value is -3.07. The number of carbonyl (C=O) groups is 2. The summed E-state index contributed by atoms with van der Waals surface area (Å²) in [5, 5.41) is 3.01. The molecule has 0 saturated carbocycles. The molecule has 2 rings (SSSR count). The van der Waals surface area contributed by atoms with Gasteiger partial charge in [-0.3, -0.25) is 13.9 Å². The van der Waals surface area contributed by atoms with E-state index in [-0.39, 0.29) is 30.8 Å². The number of rotatable bonds is 15. The fourth-order valence-corrected chi connectivity index (χ4v) is 5.10. The van der Waals surface area contributed by atoms with Crippen LogP contribution >= 0.6 is 0 Å². The second-order valence-corrected chi connectivity index (χ2v) is 11.5. The minimum atomic E-state index is -3.56. The number of anilines is 1. The van der Waals surface area contributed by atoms with Crippen LogP contribution < -0.4 is 14.4 Å². The number of benzene rings is 2. The van der Waals surface area contributed by atoms with Crippen LogP contribution in [-0.2, 0) is 26.2 Å². The Bertz CT molecular complexity index is 1130. The zero-order valence-electron chi connectivity index (χ0n) is 23.6. The smallest absolute Gasteiger partial charge is 0.243 e. The Kier molecular flexibility index (Phi) is 12.1. The van der Waals surface area contributed by atoms with Crippen molar-refractivity contribution in [1.82, 2.24) is 10.2 Å². The summed E-state index contributed by atoms with van der Waals surface area (Å²) in [7, 11) is -3.56. The van der Waals surface area contributed by atoms with E-state index in [1.54, 1.807) is 29.2 Å². The lowest BCUT2D eigenvalue weighted by Gasteiger charge is -2.32. The number of ether oxygens (including phenoxy) is 1. The molecule has 0 bridgehead atoms. The van der Waals surface area contributed by atoms with Crippen LogP contribution in [0, 0.1) is 6.92 Å². The van der Waals surface area contributed by atoms with E-state index < -0.39 is 16.1 Å². The zero-order valence-corrected chi connectivity index (χ0v) is 24.4. The first-order chi connectivity index (χ1) is 18.0. The summed E-state index contributed by atoms with van der Waals surface area (Å²) < 4.78 is 31.8. The topological polar surface area (TPSA) is 96.0 Å². The molecule has 0 aromatic heterocycles. The van der Waals surface area contributed by atoms with E-state index in [1.807, 2.05) is 58.9 Å². The highest BCUT2D eigenvalue weighted by molar-refractivity contribution is 7.92. The van der Waals surface area contributed by atoms with Crippen LogP contribution in [0.15, 0.2) is 48.5 Å². The third kappa shape index (κ3) is 9.35. The Balaban J connectivity index is 2.20. The van der Waals surface area contributed by atoms with Gasteiger partial charge >= 0.3 is 0 Å². The highest BCUT2D eigenvalue weighted by atomic mass is 32.2. The van der Waals surface area contributed by atoms with Crippen LogP contribution in [0.4, 0.5) is 5.69 Å². The summed E-state index contributed by atoms with van der Waals surface area (Å²) in [4.78, 5) is 28.3. The Morgan fingerprint density at radius 1 is 0.974 bits per heavy atom. The first-order valence-electron chi connectivity index (χ1n) is 13.4. The van der Waals surface area contributed by atoms with Crippen LogP contribution in [0.25, 0.3) is 0 Å². The van der Waals surface area contributed by atoms with Crippen LogP contribution in [-0.4, -0.2) is 56.6 Å². The fourth-order valence-electron chi connectivity index (χ4n) is 4.13. The number of hydrogen-bond donors (Lipinski definition) is 1. The third-order valence-corrected chi connectivity index (χ3v) is 7.64. The van der Waals surface area contributed by atoms with E-state index in [2.05, 4.69) is 5.32 Å².